The molecule has 1 fully saturated rings. The van der Waals surface area contributed by atoms with Crippen molar-refractivity contribution in [1.82, 2.24) is 4.90 Å². The minimum Gasteiger partial charge on any atom is -0.330 e. The van der Waals surface area contributed by atoms with E-state index in [1.165, 1.54) is 38.6 Å². The van der Waals surface area contributed by atoms with Gasteiger partial charge in [0.15, 0.2) is 0 Å². The highest BCUT2D eigenvalue weighted by molar-refractivity contribution is 4.83. The third-order valence-corrected chi connectivity index (χ3v) is 3.44. The van der Waals surface area contributed by atoms with Crippen molar-refractivity contribution in [2.45, 2.75) is 64.5 Å². The standard InChI is InChI=1S/C12H26N2/c1-3-6-11(2)14(10-5-9-13)12-7-4-8-12/h11-12H,3-10,13H2,1-2H3. The number of nitrogens with two attached hydrogens (primary N) is 1. The Bertz CT molecular complexity index is 143. The van der Waals surface area contributed by atoms with E-state index in [1.807, 2.05) is 0 Å². The molecule has 0 spiro atoms. The molecule has 0 saturated heterocycles. The van der Waals surface area contributed by atoms with Gasteiger partial charge in [-0.3, -0.25) is 4.90 Å². The van der Waals surface area contributed by atoms with E-state index in [2.05, 4.69) is 18.7 Å². The van der Waals surface area contributed by atoms with Gasteiger partial charge in [-0.15, -0.1) is 0 Å². The van der Waals surface area contributed by atoms with Crippen molar-refractivity contribution in [2.75, 3.05) is 13.1 Å². The van der Waals surface area contributed by atoms with E-state index in [9.17, 15) is 0 Å². The molecule has 14 heavy (non-hydrogen) atoms. The second-order valence-corrected chi connectivity index (χ2v) is 4.60. The summed E-state index contributed by atoms with van der Waals surface area (Å²) in [6.07, 6.45) is 8.05. The van der Waals surface area contributed by atoms with Gasteiger partial charge in [-0.1, -0.05) is 19.8 Å². The number of nitrogens with zero attached hydrogens (tertiary/aromatic N) is 1. The van der Waals surface area contributed by atoms with Crippen molar-refractivity contribution in [1.29, 1.82) is 0 Å². The molecule has 0 aliphatic heterocycles. The Balaban J connectivity index is 2.34. The van der Waals surface area contributed by atoms with E-state index in [0.29, 0.717) is 0 Å². The number of hydrogen-bond acceptors (Lipinski definition) is 2. The average Bonchev–Trinajstić information content (AvgIpc) is 2.09. The number of rotatable bonds is 7. The summed E-state index contributed by atoms with van der Waals surface area (Å²) in [4.78, 5) is 2.69. The lowest BCUT2D eigenvalue weighted by Crippen LogP contribution is -2.46. The van der Waals surface area contributed by atoms with Gasteiger partial charge in [-0.25, -0.2) is 0 Å². The molecule has 1 saturated carbocycles. The third-order valence-electron chi connectivity index (χ3n) is 3.44. The first-order valence-electron chi connectivity index (χ1n) is 6.25. The van der Waals surface area contributed by atoms with Gasteiger partial charge in [-0.2, -0.15) is 0 Å². The molecule has 2 nitrogen and oxygen atoms in total. The summed E-state index contributed by atoms with van der Waals surface area (Å²) in [5, 5.41) is 0. The van der Waals surface area contributed by atoms with Crippen LogP contribution in [-0.2, 0) is 0 Å². The third kappa shape index (κ3) is 3.25. The summed E-state index contributed by atoms with van der Waals surface area (Å²) in [5.74, 6) is 0. The van der Waals surface area contributed by atoms with Crippen LogP contribution in [0, 0.1) is 0 Å². The highest BCUT2D eigenvalue weighted by Crippen LogP contribution is 2.27. The molecule has 84 valence electrons. The Morgan fingerprint density at radius 3 is 2.57 bits per heavy atom. The van der Waals surface area contributed by atoms with Crippen molar-refractivity contribution in [3.8, 4) is 0 Å². The van der Waals surface area contributed by atoms with Crippen LogP contribution in [-0.4, -0.2) is 30.1 Å². The summed E-state index contributed by atoms with van der Waals surface area (Å²) in [5.41, 5.74) is 5.58. The second kappa shape index (κ2) is 6.41. The van der Waals surface area contributed by atoms with Crippen LogP contribution in [0.1, 0.15) is 52.4 Å². The summed E-state index contributed by atoms with van der Waals surface area (Å²) in [7, 11) is 0. The van der Waals surface area contributed by atoms with Gasteiger partial charge >= 0.3 is 0 Å². The summed E-state index contributed by atoms with van der Waals surface area (Å²) < 4.78 is 0. The van der Waals surface area contributed by atoms with Gasteiger partial charge in [0, 0.05) is 12.1 Å². The first kappa shape index (κ1) is 12.0. The van der Waals surface area contributed by atoms with Gasteiger partial charge < -0.3 is 5.73 Å². The zero-order valence-corrected chi connectivity index (χ0v) is 9.84. The van der Waals surface area contributed by atoms with E-state index in [4.69, 9.17) is 5.73 Å². The molecule has 1 aliphatic rings. The predicted molar refractivity (Wildman–Crippen MR) is 62.4 cm³/mol. The first-order valence-corrected chi connectivity index (χ1v) is 6.25. The normalized spacial score (nSPS) is 19.7. The summed E-state index contributed by atoms with van der Waals surface area (Å²) >= 11 is 0. The second-order valence-electron chi connectivity index (χ2n) is 4.60. The Labute approximate surface area is 88.8 Å². The van der Waals surface area contributed by atoms with Gasteiger partial charge in [-0.05, 0) is 45.7 Å². The maximum atomic E-state index is 5.58. The quantitative estimate of drug-likeness (QED) is 0.680. The first-order chi connectivity index (χ1) is 6.79. The molecule has 2 N–H and O–H groups in total. The Morgan fingerprint density at radius 1 is 1.43 bits per heavy atom. The lowest BCUT2D eigenvalue weighted by molar-refractivity contribution is 0.0816. The van der Waals surface area contributed by atoms with Crippen molar-refractivity contribution in [2.24, 2.45) is 5.73 Å². The van der Waals surface area contributed by atoms with Crippen LogP contribution in [0.15, 0.2) is 0 Å². The molecule has 1 unspecified atom stereocenters. The zero-order valence-electron chi connectivity index (χ0n) is 9.84. The largest absolute Gasteiger partial charge is 0.330 e. The van der Waals surface area contributed by atoms with Crippen LogP contribution in [0.4, 0.5) is 0 Å². The van der Waals surface area contributed by atoms with Crippen LogP contribution in [0.25, 0.3) is 0 Å². The molecule has 2 heteroatoms. The molecule has 0 aromatic heterocycles. The minimum atomic E-state index is 0.761. The van der Waals surface area contributed by atoms with Crippen molar-refractivity contribution >= 4 is 0 Å². The van der Waals surface area contributed by atoms with E-state index in [1.54, 1.807) is 0 Å². The fraction of sp³-hybridized carbons (Fsp3) is 1.00. The molecule has 0 amide bonds. The molecule has 1 rings (SSSR count). The van der Waals surface area contributed by atoms with Crippen molar-refractivity contribution in [3.05, 3.63) is 0 Å². The smallest absolute Gasteiger partial charge is 0.00981 e. The minimum absolute atomic E-state index is 0.761. The summed E-state index contributed by atoms with van der Waals surface area (Å²) in [6.45, 7) is 6.70. The topological polar surface area (TPSA) is 29.3 Å². The molecular weight excluding hydrogens is 172 g/mol. The van der Waals surface area contributed by atoms with Crippen LogP contribution >= 0.6 is 0 Å². The molecular formula is C12H26N2. The fourth-order valence-electron chi connectivity index (χ4n) is 2.34. The average molecular weight is 198 g/mol. The van der Waals surface area contributed by atoms with Crippen LogP contribution < -0.4 is 5.73 Å². The predicted octanol–water partition coefficient (Wildman–Crippen LogP) is 2.38. The lowest BCUT2D eigenvalue weighted by atomic mass is 9.89. The van der Waals surface area contributed by atoms with Gasteiger partial charge in [0.05, 0.1) is 0 Å². The van der Waals surface area contributed by atoms with Gasteiger partial charge in [0.1, 0.15) is 0 Å². The lowest BCUT2D eigenvalue weighted by Gasteiger charge is -2.41. The number of hydrogen-bond donors (Lipinski definition) is 1. The van der Waals surface area contributed by atoms with E-state index < -0.39 is 0 Å². The Hall–Kier alpha value is -0.0800. The monoisotopic (exact) mass is 198 g/mol. The highest BCUT2D eigenvalue weighted by Gasteiger charge is 2.27. The molecule has 0 heterocycles. The maximum Gasteiger partial charge on any atom is 0.00981 e. The highest BCUT2D eigenvalue weighted by atomic mass is 15.2. The van der Waals surface area contributed by atoms with Crippen LogP contribution in [0.5, 0.6) is 0 Å². The molecule has 1 atom stereocenters. The van der Waals surface area contributed by atoms with Crippen LogP contribution in [0.3, 0.4) is 0 Å². The molecule has 0 aromatic carbocycles. The fourth-order valence-corrected chi connectivity index (χ4v) is 2.34. The Kier molecular flexibility index (Phi) is 5.49. The van der Waals surface area contributed by atoms with Gasteiger partial charge in [0.25, 0.3) is 0 Å². The molecule has 0 bridgehead atoms. The van der Waals surface area contributed by atoms with Crippen molar-refractivity contribution in [3.63, 3.8) is 0 Å². The van der Waals surface area contributed by atoms with Crippen molar-refractivity contribution < 1.29 is 0 Å². The van der Waals surface area contributed by atoms with Gasteiger partial charge in [0.2, 0.25) is 0 Å². The van der Waals surface area contributed by atoms with E-state index in [-0.39, 0.29) is 0 Å². The molecule has 0 aromatic rings. The Morgan fingerprint density at radius 2 is 2.14 bits per heavy atom. The summed E-state index contributed by atoms with van der Waals surface area (Å²) in [6, 6.07) is 1.64. The SMILES string of the molecule is CCCC(C)N(CCCN)C1CCC1. The molecule has 0 radical (unpaired) electrons. The van der Waals surface area contributed by atoms with E-state index >= 15 is 0 Å². The van der Waals surface area contributed by atoms with E-state index in [0.717, 1.165) is 25.0 Å². The molecule has 1 aliphatic carbocycles. The van der Waals surface area contributed by atoms with Crippen LogP contribution in [0.2, 0.25) is 0 Å². The maximum absolute atomic E-state index is 5.58. The zero-order chi connectivity index (χ0) is 10.4.